The van der Waals surface area contributed by atoms with Crippen LogP contribution in [0.3, 0.4) is 0 Å². The molecule has 0 radical (unpaired) electrons. The third-order valence-corrected chi connectivity index (χ3v) is 7.62. The first-order valence-corrected chi connectivity index (χ1v) is 13.7. The SMILES string of the molecule is COc1ccc(CC2c3cc(OCC4CC4)c(OC)cc3CCN2CC(=O)NCc2ccccc2)cc1OC. The van der Waals surface area contributed by atoms with Crippen molar-refractivity contribution in [3.63, 3.8) is 0 Å². The molecule has 0 spiro atoms. The molecular weight excluding hydrogens is 492 g/mol. The highest BCUT2D eigenvalue weighted by Crippen LogP contribution is 2.41. The van der Waals surface area contributed by atoms with Crippen LogP contribution in [0.2, 0.25) is 0 Å². The normalized spacial score (nSPS) is 16.7. The molecule has 1 amide bonds. The number of fused-ring (bicyclic) bond motifs is 1. The molecule has 1 unspecified atom stereocenters. The van der Waals surface area contributed by atoms with Crippen molar-refractivity contribution in [1.82, 2.24) is 10.2 Å². The lowest BCUT2D eigenvalue weighted by atomic mass is 9.88. The van der Waals surface area contributed by atoms with Crippen molar-refractivity contribution in [2.45, 2.75) is 38.3 Å². The van der Waals surface area contributed by atoms with Crippen LogP contribution < -0.4 is 24.3 Å². The molecule has 3 aromatic rings. The molecule has 3 aromatic carbocycles. The van der Waals surface area contributed by atoms with Crippen molar-refractivity contribution in [3.8, 4) is 23.0 Å². The van der Waals surface area contributed by atoms with Gasteiger partial charge in [0.2, 0.25) is 5.91 Å². The van der Waals surface area contributed by atoms with Crippen LogP contribution in [0.4, 0.5) is 0 Å². The van der Waals surface area contributed by atoms with Gasteiger partial charge in [-0.1, -0.05) is 36.4 Å². The number of rotatable bonds is 12. The van der Waals surface area contributed by atoms with Crippen LogP contribution in [0.15, 0.2) is 60.7 Å². The summed E-state index contributed by atoms with van der Waals surface area (Å²) in [4.78, 5) is 15.4. The monoisotopic (exact) mass is 530 g/mol. The van der Waals surface area contributed by atoms with E-state index in [9.17, 15) is 4.79 Å². The Kier molecular flexibility index (Phi) is 8.57. The van der Waals surface area contributed by atoms with Gasteiger partial charge in [0.15, 0.2) is 23.0 Å². The first-order valence-electron chi connectivity index (χ1n) is 13.7. The summed E-state index contributed by atoms with van der Waals surface area (Å²) < 4.78 is 23.0. The molecule has 1 N–H and O–H groups in total. The molecule has 7 nitrogen and oxygen atoms in total. The van der Waals surface area contributed by atoms with Gasteiger partial charge in [0.05, 0.1) is 34.5 Å². The van der Waals surface area contributed by atoms with Gasteiger partial charge < -0.3 is 24.3 Å². The number of amides is 1. The molecule has 0 bridgehead atoms. The van der Waals surface area contributed by atoms with Crippen LogP contribution in [0, 0.1) is 5.92 Å². The van der Waals surface area contributed by atoms with Crippen LogP contribution in [-0.4, -0.2) is 51.8 Å². The van der Waals surface area contributed by atoms with Gasteiger partial charge in [-0.2, -0.15) is 0 Å². The van der Waals surface area contributed by atoms with Crippen LogP contribution in [0.25, 0.3) is 0 Å². The van der Waals surface area contributed by atoms with Gasteiger partial charge in [-0.3, -0.25) is 9.69 Å². The fourth-order valence-electron chi connectivity index (χ4n) is 5.22. The van der Waals surface area contributed by atoms with Crippen molar-refractivity contribution in [2.24, 2.45) is 5.92 Å². The predicted octanol–water partition coefficient (Wildman–Crippen LogP) is 4.96. The van der Waals surface area contributed by atoms with Gasteiger partial charge >= 0.3 is 0 Å². The number of ether oxygens (including phenoxy) is 4. The standard InChI is InChI=1S/C32H38N2O5/c1-36-28-12-11-24(16-29(28)37-2)15-27-26-18-31(39-21-23-9-10-23)30(38-3)17-25(26)13-14-34(27)20-32(35)33-19-22-7-5-4-6-8-22/h4-8,11-12,16-18,23,27H,9-10,13-15,19-21H2,1-3H3,(H,33,35). The average molecular weight is 531 g/mol. The van der Waals surface area contributed by atoms with Crippen LogP contribution in [-0.2, 0) is 24.2 Å². The quantitative estimate of drug-likeness (QED) is 0.357. The molecule has 1 atom stereocenters. The predicted molar refractivity (Wildman–Crippen MR) is 151 cm³/mol. The summed E-state index contributed by atoms with van der Waals surface area (Å²) in [7, 11) is 4.98. The van der Waals surface area contributed by atoms with E-state index >= 15 is 0 Å². The number of nitrogens with zero attached hydrogens (tertiary/aromatic N) is 1. The molecule has 1 aliphatic carbocycles. The second-order valence-electron chi connectivity index (χ2n) is 10.3. The number of hydrogen-bond acceptors (Lipinski definition) is 6. The number of hydrogen-bond donors (Lipinski definition) is 1. The van der Waals surface area contributed by atoms with Crippen molar-refractivity contribution < 1.29 is 23.7 Å². The minimum atomic E-state index is -0.0106. The maximum atomic E-state index is 13.1. The zero-order valence-corrected chi connectivity index (χ0v) is 23.1. The average Bonchev–Trinajstić information content (AvgIpc) is 3.81. The van der Waals surface area contributed by atoms with Crippen molar-refractivity contribution >= 4 is 5.91 Å². The number of methoxy groups -OCH3 is 3. The van der Waals surface area contributed by atoms with Gasteiger partial charge in [0, 0.05) is 19.1 Å². The van der Waals surface area contributed by atoms with Crippen LogP contribution >= 0.6 is 0 Å². The maximum Gasteiger partial charge on any atom is 0.234 e. The Bertz CT molecular complexity index is 1280. The summed E-state index contributed by atoms with van der Waals surface area (Å²) in [6.07, 6.45) is 4.00. The van der Waals surface area contributed by atoms with E-state index in [1.54, 1.807) is 21.3 Å². The van der Waals surface area contributed by atoms with E-state index in [-0.39, 0.29) is 11.9 Å². The molecule has 1 saturated carbocycles. The zero-order chi connectivity index (χ0) is 27.2. The lowest BCUT2D eigenvalue weighted by molar-refractivity contribution is -0.123. The summed E-state index contributed by atoms with van der Waals surface area (Å²) in [5.74, 6) is 3.59. The van der Waals surface area contributed by atoms with E-state index in [2.05, 4.69) is 28.4 Å². The molecule has 206 valence electrons. The lowest BCUT2D eigenvalue weighted by Gasteiger charge is -2.37. The Labute approximate surface area is 231 Å². The molecule has 5 rings (SSSR count). The second kappa shape index (κ2) is 12.4. The summed E-state index contributed by atoms with van der Waals surface area (Å²) in [5, 5.41) is 3.10. The second-order valence-corrected chi connectivity index (χ2v) is 10.3. The molecule has 1 heterocycles. The molecule has 39 heavy (non-hydrogen) atoms. The topological polar surface area (TPSA) is 69.3 Å². The largest absolute Gasteiger partial charge is 0.493 e. The summed E-state index contributed by atoms with van der Waals surface area (Å²) in [6.45, 7) is 2.31. The molecule has 0 saturated heterocycles. The number of benzene rings is 3. The smallest absolute Gasteiger partial charge is 0.234 e. The highest BCUT2D eigenvalue weighted by molar-refractivity contribution is 5.78. The van der Waals surface area contributed by atoms with Crippen LogP contribution in [0.1, 0.15) is 41.1 Å². The van der Waals surface area contributed by atoms with E-state index < -0.39 is 0 Å². The number of carbonyl (C=O) groups is 1. The number of carbonyl (C=O) groups excluding carboxylic acids is 1. The molecule has 1 fully saturated rings. The van der Waals surface area contributed by atoms with Gasteiger partial charge in [-0.25, -0.2) is 0 Å². The minimum Gasteiger partial charge on any atom is -0.493 e. The molecule has 7 heteroatoms. The Balaban J connectivity index is 1.41. The molecular formula is C32H38N2O5. The number of nitrogens with one attached hydrogen (secondary N) is 1. The lowest BCUT2D eigenvalue weighted by Crippen LogP contribution is -2.43. The highest BCUT2D eigenvalue weighted by Gasteiger charge is 2.31. The molecule has 1 aliphatic heterocycles. The van der Waals surface area contributed by atoms with E-state index in [1.165, 1.54) is 24.0 Å². The van der Waals surface area contributed by atoms with E-state index in [1.807, 2.05) is 42.5 Å². The van der Waals surface area contributed by atoms with Crippen molar-refractivity contribution in [3.05, 3.63) is 82.9 Å². The fourth-order valence-corrected chi connectivity index (χ4v) is 5.22. The minimum absolute atomic E-state index is 0.0106. The Morgan fingerprint density at radius 1 is 0.872 bits per heavy atom. The first-order chi connectivity index (χ1) is 19.1. The van der Waals surface area contributed by atoms with Gasteiger partial charge in [0.25, 0.3) is 0 Å². The molecule has 0 aromatic heterocycles. The fraction of sp³-hybridized carbons (Fsp3) is 0.406. The summed E-state index contributed by atoms with van der Waals surface area (Å²) in [5.41, 5.74) is 4.60. The van der Waals surface area contributed by atoms with Gasteiger partial charge in [-0.05, 0) is 78.1 Å². The maximum absolute atomic E-state index is 13.1. The van der Waals surface area contributed by atoms with E-state index in [0.29, 0.717) is 43.5 Å². The first kappa shape index (κ1) is 26.9. The Morgan fingerprint density at radius 3 is 2.33 bits per heavy atom. The Hall–Kier alpha value is -3.71. The third-order valence-electron chi connectivity index (χ3n) is 7.62. The van der Waals surface area contributed by atoms with Gasteiger partial charge in [0.1, 0.15) is 0 Å². The van der Waals surface area contributed by atoms with Gasteiger partial charge in [-0.15, -0.1) is 0 Å². The van der Waals surface area contributed by atoms with Crippen molar-refractivity contribution in [1.29, 1.82) is 0 Å². The summed E-state index contributed by atoms with van der Waals surface area (Å²) >= 11 is 0. The Morgan fingerprint density at radius 2 is 1.62 bits per heavy atom. The van der Waals surface area contributed by atoms with Crippen LogP contribution in [0.5, 0.6) is 23.0 Å². The van der Waals surface area contributed by atoms with Crippen molar-refractivity contribution in [2.75, 3.05) is 41.0 Å². The highest BCUT2D eigenvalue weighted by atomic mass is 16.5. The van der Waals surface area contributed by atoms with E-state index in [0.717, 1.165) is 35.6 Å². The third kappa shape index (κ3) is 6.66. The summed E-state index contributed by atoms with van der Waals surface area (Å²) in [6, 6.07) is 20.3. The van der Waals surface area contributed by atoms with E-state index in [4.69, 9.17) is 18.9 Å². The zero-order valence-electron chi connectivity index (χ0n) is 23.1. The molecule has 2 aliphatic rings.